The molecule has 1 amide bonds. The number of aromatic nitrogens is 2. The van der Waals surface area contributed by atoms with Gasteiger partial charge in [0.2, 0.25) is 0 Å². The number of hydrogen-bond acceptors (Lipinski definition) is 3. The molecule has 5 nitrogen and oxygen atoms in total. The minimum absolute atomic E-state index is 0.0471. The number of fused-ring (bicyclic) bond motifs is 1. The molecule has 0 saturated heterocycles. The van der Waals surface area contributed by atoms with Crippen molar-refractivity contribution < 1.29 is 9.90 Å². The summed E-state index contributed by atoms with van der Waals surface area (Å²) in [6, 6.07) is 3.41. The zero-order chi connectivity index (χ0) is 14.7. The molecule has 5 heteroatoms. The molecule has 2 aromatic heterocycles. The van der Waals surface area contributed by atoms with E-state index in [1.54, 1.807) is 12.3 Å². The van der Waals surface area contributed by atoms with Crippen molar-refractivity contribution in [3.05, 3.63) is 35.3 Å². The van der Waals surface area contributed by atoms with Gasteiger partial charge in [0.15, 0.2) is 0 Å². The van der Waals surface area contributed by atoms with Crippen LogP contribution >= 0.6 is 0 Å². The number of aliphatic hydroxyl groups excluding tert-OH is 1. The van der Waals surface area contributed by atoms with E-state index in [1.807, 2.05) is 24.3 Å². The van der Waals surface area contributed by atoms with Crippen LogP contribution in [0.3, 0.4) is 0 Å². The molecule has 2 aromatic rings. The van der Waals surface area contributed by atoms with E-state index in [-0.39, 0.29) is 18.6 Å². The largest absolute Gasteiger partial charge is 0.394 e. The fraction of sp³-hybridized carbons (Fsp3) is 0.467. The number of nitrogens with one attached hydrogen (secondary N) is 1. The number of hydrogen-bond donors (Lipinski definition) is 2. The van der Waals surface area contributed by atoms with Crippen molar-refractivity contribution in [1.82, 2.24) is 14.7 Å². The van der Waals surface area contributed by atoms with Crippen molar-refractivity contribution >= 4 is 11.6 Å². The lowest BCUT2D eigenvalue weighted by Crippen LogP contribution is -2.37. The Morgan fingerprint density at radius 2 is 2.20 bits per heavy atom. The summed E-state index contributed by atoms with van der Waals surface area (Å²) in [7, 11) is 0. The normalized spacial score (nSPS) is 12.6. The van der Waals surface area contributed by atoms with E-state index in [0.717, 1.165) is 23.5 Å². The SMILES string of the molecule is CCc1nc2ccc(C(=O)NC(CC)CO)cn2c1C. The summed E-state index contributed by atoms with van der Waals surface area (Å²) in [4.78, 5) is 16.7. The lowest BCUT2D eigenvalue weighted by Gasteiger charge is -2.14. The van der Waals surface area contributed by atoms with Crippen LogP contribution in [0.2, 0.25) is 0 Å². The predicted molar refractivity (Wildman–Crippen MR) is 77.9 cm³/mol. The van der Waals surface area contributed by atoms with Crippen LogP contribution in [-0.2, 0) is 6.42 Å². The minimum Gasteiger partial charge on any atom is -0.394 e. The molecule has 2 N–H and O–H groups in total. The molecule has 0 spiro atoms. The van der Waals surface area contributed by atoms with Crippen LogP contribution in [-0.4, -0.2) is 33.0 Å². The van der Waals surface area contributed by atoms with E-state index >= 15 is 0 Å². The molecular weight excluding hydrogens is 254 g/mol. The number of aryl methyl sites for hydroxylation is 2. The van der Waals surface area contributed by atoms with Crippen LogP contribution in [0.15, 0.2) is 18.3 Å². The maximum absolute atomic E-state index is 12.1. The third-order valence-corrected chi connectivity index (χ3v) is 3.60. The van der Waals surface area contributed by atoms with E-state index in [1.165, 1.54) is 0 Å². The van der Waals surface area contributed by atoms with E-state index in [0.29, 0.717) is 12.0 Å². The molecule has 0 saturated carbocycles. The summed E-state index contributed by atoms with van der Waals surface area (Å²) in [5.41, 5.74) is 3.54. The zero-order valence-corrected chi connectivity index (χ0v) is 12.2. The molecule has 0 aliphatic rings. The molecule has 0 bridgehead atoms. The number of carbonyl (C=O) groups excluding carboxylic acids is 1. The summed E-state index contributed by atoms with van der Waals surface area (Å²) < 4.78 is 1.94. The molecular formula is C15H21N3O2. The summed E-state index contributed by atoms with van der Waals surface area (Å²) in [6.45, 7) is 5.95. The Morgan fingerprint density at radius 1 is 1.45 bits per heavy atom. The molecule has 0 aromatic carbocycles. The standard InChI is InChI=1S/C15H21N3O2/c1-4-12(9-19)16-15(20)11-6-7-14-17-13(5-2)10(3)18(14)8-11/h6-8,12,19H,4-5,9H2,1-3H3,(H,16,20). The van der Waals surface area contributed by atoms with Gasteiger partial charge in [0, 0.05) is 11.9 Å². The number of nitrogens with zero attached hydrogens (tertiary/aromatic N) is 2. The Morgan fingerprint density at radius 3 is 2.80 bits per heavy atom. The number of rotatable bonds is 5. The molecule has 1 atom stereocenters. The summed E-state index contributed by atoms with van der Waals surface area (Å²) >= 11 is 0. The Kier molecular flexibility index (Phi) is 4.39. The van der Waals surface area contributed by atoms with E-state index in [9.17, 15) is 4.79 Å². The molecule has 2 rings (SSSR count). The summed E-state index contributed by atoms with van der Waals surface area (Å²) in [6.07, 6.45) is 3.38. The van der Waals surface area contributed by atoms with Gasteiger partial charge in [0.25, 0.3) is 5.91 Å². The highest BCUT2D eigenvalue weighted by molar-refractivity contribution is 5.94. The predicted octanol–water partition coefficient (Wildman–Crippen LogP) is 1.71. The molecule has 0 aliphatic heterocycles. The second-order valence-electron chi connectivity index (χ2n) is 4.90. The van der Waals surface area contributed by atoms with Gasteiger partial charge in [-0.05, 0) is 31.9 Å². The topological polar surface area (TPSA) is 66.6 Å². The van der Waals surface area contributed by atoms with E-state index in [4.69, 9.17) is 5.11 Å². The molecule has 0 aliphatic carbocycles. The number of amides is 1. The number of carbonyl (C=O) groups is 1. The van der Waals surface area contributed by atoms with Crippen LogP contribution in [0, 0.1) is 6.92 Å². The average molecular weight is 275 g/mol. The molecule has 108 valence electrons. The van der Waals surface area contributed by atoms with E-state index < -0.39 is 0 Å². The summed E-state index contributed by atoms with van der Waals surface area (Å²) in [5.74, 6) is -0.168. The molecule has 2 heterocycles. The first-order valence-electron chi connectivity index (χ1n) is 7.00. The van der Waals surface area contributed by atoms with Gasteiger partial charge < -0.3 is 14.8 Å². The fourth-order valence-electron chi connectivity index (χ4n) is 2.23. The Labute approximate surface area is 118 Å². The molecule has 1 unspecified atom stereocenters. The highest BCUT2D eigenvalue weighted by Crippen LogP contribution is 2.14. The Balaban J connectivity index is 2.31. The van der Waals surface area contributed by atoms with Gasteiger partial charge in [0.1, 0.15) is 5.65 Å². The summed E-state index contributed by atoms with van der Waals surface area (Å²) in [5, 5.41) is 12.0. The van der Waals surface area contributed by atoms with Crippen LogP contribution in [0.25, 0.3) is 5.65 Å². The van der Waals surface area contributed by atoms with Gasteiger partial charge in [-0.1, -0.05) is 13.8 Å². The lowest BCUT2D eigenvalue weighted by atomic mass is 10.2. The van der Waals surface area contributed by atoms with Gasteiger partial charge in [0.05, 0.1) is 23.9 Å². The fourth-order valence-corrected chi connectivity index (χ4v) is 2.23. The monoisotopic (exact) mass is 275 g/mol. The van der Waals surface area contributed by atoms with Gasteiger partial charge in [-0.15, -0.1) is 0 Å². The van der Waals surface area contributed by atoms with Crippen LogP contribution < -0.4 is 5.32 Å². The smallest absolute Gasteiger partial charge is 0.253 e. The Bertz CT molecular complexity index is 615. The average Bonchev–Trinajstić information content (AvgIpc) is 2.80. The van der Waals surface area contributed by atoms with Crippen molar-refractivity contribution in [1.29, 1.82) is 0 Å². The Hall–Kier alpha value is -1.88. The van der Waals surface area contributed by atoms with Crippen molar-refractivity contribution in [2.45, 2.75) is 39.7 Å². The minimum atomic E-state index is -0.201. The van der Waals surface area contributed by atoms with Crippen LogP contribution in [0.5, 0.6) is 0 Å². The molecule has 20 heavy (non-hydrogen) atoms. The van der Waals surface area contributed by atoms with Gasteiger partial charge >= 0.3 is 0 Å². The highest BCUT2D eigenvalue weighted by atomic mass is 16.3. The van der Waals surface area contributed by atoms with Gasteiger partial charge in [-0.2, -0.15) is 0 Å². The van der Waals surface area contributed by atoms with Crippen LogP contribution in [0.4, 0.5) is 0 Å². The number of imidazole rings is 1. The van der Waals surface area contributed by atoms with Crippen molar-refractivity contribution in [3.63, 3.8) is 0 Å². The lowest BCUT2D eigenvalue weighted by molar-refractivity contribution is 0.0914. The van der Waals surface area contributed by atoms with E-state index in [2.05, 4.69) is 17.2 Å². The van der Waals surface area contributed by atoms with Gasteiger partial charge in [-0.25, -0.2) is 4.98 Å². The van der Waals surface area contributed by atoms with Gasteiger partial charge in [-0.3, -0.25) is 4.79 Å². The second-order valence-corrected chi connectivity index (χ2v) is 4.90. The number of aliphatic hydroxyl groups is 1. The second kappa shape index (κ2) is 6.05. The van der Waals surface area contributed by atoms with Crippen molar-refractivity contribution in [2.75, 3.05) is 6.61 Å². The first-order valence-corrected chi connectivity index (χ1v) is 7.00. The quantitative estimate of drug-likeness (QED) is 0.873. The molecule has 0 fully saturated rings. The first-order chi connectivity index (χ1) is 9.60. The highest BCUT2D eigenvalue weighted by Gasteiger charge is 2.13. The maximum Gasteiger partial charge on any atom is 0.253 e. The third-order valence-electron chi connectivity index (χ3n) is 3.60. The van der Waals surface area contributed by atoms with Crippen molar-refractivity contribution in [2.24, 2.45) is 0 Å². The van der Waals surface area contributed by atoms with Crippen molar-refractivity contribution in [3.8, 4) is 0 Å². The third kappa shape index (κ3) is 2.67. The number of pyridine rings is 1. The maximum atomic E-state index is 12.1. The molecule has 0 radical (unpaired) electrons. The zero-order valence-electron chi connectivity index (χ0n) is 12.2. The first kappa shape index (κ1) is 14.5. The van der Waals surface area contributed by atoms with Crippen LogP contribution in [0.1, 0.15) is 42.0 Å².